The van der Waals surface area contributed by atoms with Gasteiger partial charge in [0.2, 0.25) is 10.0 Å². The van der Waals surface area contributed by atoms with Gasteiger partial charge >= 0.3 is 0 Å². The molecule has 3 rings (SSSR count). The van der Waals surface area contributed by atoms with Crippen LogP contribution in [0.4, 0.5) is 5.69 Å². The lowest BCUT2D eigenvalue weighted by Crippen LogP contribution is -2.23. The van der Waals surface area contributed by atoms with Gasteiger partial charge in [0.05, 0.1) is 6.61 Å². The van der Waals surface area contributed by atoms with Crippen LogP contribution in [0.5, 0.6) is 5.75 Å². The quantitative estimate of drug-likeness (QED) is 0.680. The van der Waals surface area contributed by atoms with Gasteiger partial charge in [0, 0.05) is 25.2 Å². The van der Waals surface area contributed by atoms with Gasteiger partial charge in [0.25, 0.3) is 5.91 Å². The zero-order chi connectivity index (χ0) is 20.5. The molecule has 0 aliphatic carbocycles. The van der Waals surface area contributed by atoms with Gasteiger partial charge in [-0.1, -0.05) is 11.6 Å². The third-order valence-electron chi connectivity index (χ3n) is 4.16. The van der Waals surface area contributed by atoms with Crippen LogP contribution in [0.3, 0.4) is 0 Å². The minimum Gasteiger partial charge on any atom is -0.492 e. The molecule has 1 aromatic heterocycles. The van der Waals surface area contributed by atoms with E-state index in [2.05, 4.69) is 5.32 Å². The Hall–Kier alpha value is -2.84. The molecule has 1 N–H and O–H groups in total. The summed E-state index contributed by atoms with van der Waals surface area (Å²) < 4.78 is 37.3. The number of hydrogen-bond acceptors (Lipinski definition) is 5. The molecule has 0 radical (unpaired) electrons. The molecule has 0 atom stereocenters. The number of fused-ring (bicyclic) bond motifs is 1. The van der Waals surface area contributed by atoms with E-state index >= 15 is 0 Å². The molecule has 0 saturated heterocycles. The number of carbonyl (C=O) groups is 1. The van der Waals surface area contributed by atoms with Crippen molar-refractivity contribution in [2.24, 2.45) is 0 Å². The van der Waals surface area contributed by atoms with Crippen molar-refractivity contribution < 1.29 is 22.4 Å². The molecule has 0 bridgehead atoms. The predicted molar refractivity (Wildman–Crippen MR) is 107 cm³/mol. The minimum absolute atomic E-state index is 0.0163. The molecule has 2 aromatic carbocycles. The highest BCUT2D eigenvalue weighted by Crippen LogP contribution is 2.30. The standard InChI is InChI=1S/C20H22N2O5S/c1-5-26-17-9-7-15(12-19(17)28(24,25)22(3)4)21-20(23)18-11-14-10-13(2)6-8-16(14)27-18/h6-12H,5H2,1-4H3,(H,21,23). The zero-order valence-corrected chi connectivity index (χ0v) is 17.0. The molecule has 0 unspecified atom stereocenters. The summed E-state index contributed by atoms with van der Waals surface area (Å²) in [7, 11) is -0.870. The fraction of sp³-hybridized carbons (Fsp3) is 0.250. The SMILES string of the molecule is CCOc1ccc(NC(=O)c2cc3cc(C)ccc3o2)cc1S(=O)(=O)N(C)C. The highest BCUT2D eigenvalue weighted by atomic mass is 32.2. The van der Waals surface area contributed by atoms with E-state index in [1.54, 1.807) is 25.1 Å². The first-order chi connectivity index (χ1) is 13.2. The Bertz CT molecular complexity index is 1130. The van der Waals surface area contributed by atoms with Crippen molar-refractivity contribution in [3.8, 4) is 5.75 Å². The summed E-state index contributed by atoms with van der Waals surface area (Å²) >= 11 is 0. The van der Waals surface area contributed by atoms with Gasteiger partial charge in [-0.3, -0.25) is 4.79 Å². The lowest BCUT2D eigenvalue weighted by Gasteiger charge is -2.16. The van der Waals surface area contributed by atoms with Gasteiger partial charge in [-0.15, -0.1) is 0 Å². The molecule has 0 aliphatic rings. The topological polar surface area (TPSA) is 88.8 Å². The molecule has 1 amide bonds. The van der Waals surface area contributed by atoms with Crippen molar-refractivity contribution in [3.05, 3.63) is 53.8 Å². The van der Waals surface area contributed by atoms with Gasteiger partial charge in [0.1, 0.15) is 16.2 Å². The number of hydrogen-bond donors (Lipinski definition) is 1. The lowest BCUT2D eigenvalue weighted by molar-refractivity contribution is 0.0998. The number of anilines is 1. The maximum absolute atomic E-state index is 12.6. The first-order valence-electron chi connectivity index (χ1n) is 8.73. The van der Waals surface area contributed by atoms with Gasteiger partial charge < -0.3 is 14.5 Å². The predicted octanol–water partition coefficient (Wildman–Crippen LogP) is 3.64. The molecule has 8 heteroatoms. The first-order valence-corrected chi connectivity index (χ1v) is 10.2. The summed E-state index contributed by atoms with van der Waals surface area (Å²) in [5.41, 5.74) is 1.99. The molecule has 0 saturated carbocycles. The van der Waals surface area contributed by atoms with Crippen LogP contribution in [-0.4, -0.2) is 39.3 Å². The Morgan fingerprint density at radius 3 is 2.57 bits per heavy atom. The van der Waals surface area contributed by atoms with E-state index < -0.39 is 15.9 Å². The smallest absolute Gasteiger partial charge is 0.291 e. The second kappa shape index (κ2) is 7.65. The third kappa shape index (κ3) is 3.88. The molecule has 28 heavy (non-hydrogen) atoms. The highest BCUT2D eigenvalue weighted by Gasteiger charge is 2.23. The maximum atomic E-state index is 12.6. The summed E-state index contributed by atoms with van der Waals surface area (Å²) in [6, 6.07) is 11.8. The van der Waals surface area contributed by atoms with Crippen LogP contribution in [0.2, 0.25) is 0 Å². The summed E-state index contributed by atoms with van der Waals surface area (Å²) in [5.74, 6) is -0.0915. The van der Waals surface area contributed by atoms with Crippen molar-refractivity contribution in [2.75, 3.05) is 26.0 Å². The Morgan fingerprint density at radius 2 is 1.89 bits per heavy atom. The van der Waals surface area contributed by atoms with E-state index in [4.69, 9.17) is 9.15 Å². The van der Waals surface area contributed by atoms with Gasteiger partial charge in [-0.2, -0.15) is 0 Å². The molecule has 0 spiro atoms. The average molecular weight is 402 g/mol. The number of nitrogens with one attached hydrogen (secondary N) is 1. The largest absolute Gasteiger partial charge is 0.492 e. The summed E-state index contributed by atoms with van der Waals surface area (Å²) in [5, 5.41) is 3.51. The number of sulfonamides is 1. The molecule has 0 fully saturated rings. The van der Waals surface area contributed by atoms with Gasteiger partial charge in [-0.05, 0) is 50.2 Å². The number of aryl methyl sites for hydroxylation is 1. The van der Waals surface area contributed by atoms with Crippen LogP contribution >= 0.6 is 0 Å². The van der Waals surface area contributed by atoms with Crippen molar-refractivity contribution in [1.29, 1.82) is 0 Å². The minimum atomic E-state index is -3.74. The van der Waals surface area contributed by atoms with E-state index in [-0.39, 0.29) is 16.4 Å². The van der Waals surface area contributed by atoms with Crippen LogP contribution in [0.1, 0.15) is 23.0 Å². The van der Waals surface area contributed by atoms with Crippen LogP contribution in [0.15, 0.2) is 51.8 Å². The number of benzene rings is 2. The maximum Gasteiger partial charge on any atom is 0.291 e. The van der Waals surface area contributed by atoms with Crippen LogP contribution < -0.4 is 10.1 Å². The number of carbonyl (C=O) groups excluding carboxylic acids is 1. The van der Waals surface area contributed by atoms with Crippen molar-refractivity contribution in [3.63, 3.8) is 0 Å². The number of furan rings is 1. The highest BCUT2D eigenvalue weighted by molar-refractivity contribution is 7.89. The van der Waals surface area contributed by atoms with E-state index in [1.807, 2.05) is 19.1 Å². The van der Waals surface area contributed by atoms with E-state index in [0.717, 1.165) is 15.3 Å². The summed E-state index contributed by atoms with van der Waals surface area (Å²) in [6.07, 6.45) is 0. The summed E-state index contributed by atoms with van der Waals surface area (Å²) in [4.78, 5) is 12.6. The Labute approximate surface area is 163 Å². The van der Waals surface area contributed by atoms with E-state index in [0.29, 0.717) is 17.9 Å². The fourth-order valence-corrected chi connectivity index (χ4v) is 3.78. The Balaban J connectivity index is 1.93. The van der Waals surface area contributed by atoms with Crippen LogP contribution in [-0.2, 0) is 10.0 Å². The van der Waals surface area contributed by atoms with Crippen molar-refractivity contribution in [2.45, 2.75) is 18.7 Å². The molecule has 0 aliphatic heterocycles. The van der Waals surface area contributed by atoms with Crippen LogP contribution in [0.25, 0.3) is 11.0 Å². The normalized spacial score (nSPS) is 11.8. The fourth-order valence-electron chi connectivity index (χ4n) is 2.73. The Kier molecular flexibility index (Phi) is 5.44. The zero-order valence-electron chi connectivity index (χ0n) is 16.1. The van der Waals surface area contributed by atoms with Crippen molar-refractivity contribution in [1.82, 2.24) is 4.31 Å². The number of rotatable bonds is 6. The van der Waals surface area contributed by atoms with E-state index in [1.165, 1.54) is 26.2 Å². The number of amides is 1. The summed E-state index contributed by atoms with van der Waals surface area (Å²) in [6.45, 7) is 4.05. The molecular formula is C20H22N2O5S. The monoisotopic (exact) mass is 402 g/mol. The molecule has 7 nitrogen and oxygen atoms in total. The molecule has 148 valence electrons. The molecule has 1 heterocycles. The van der Waals surface area contributed by atoms with Gasteiger partial charge in [-0.25, -0.2) is 12.7 Å². The van der Waals surface area contributed by atoms with E-state index in [9.17, 15) is 13.2 Å². The molecular weight excluding hydrogens is 380 g/mol. The molecule has 3 aromatic rings. The lowest BCUT2D eigenvalue weighted by atomic mass is 10.2. The van der Waals surface area contributed by atoms with Crippen LogP contribution in [0, 0.1) is 6.92 Å². The number of nitrogens with zero attached hydrogens (tertiary/aromatic N) is 1. The Morgan fingerprint density at radius 1 is 1.14 bits per heavy atom. The average Bonchev–Trinajstić information content (AvgIpc) is 3.06. The van der Waals surface area contributed by atoms with Gasteiger partial charge in [0.15, 0.2) is 5.76 Å². The second-order valence-electron chi connectivity index (χ2n) is 6.49. The third-order valence-corrected chi connectivity index (χ3v) is 5.99. The number of ether oxygens (including phenoxy) is 1. The second-order valence-corrected chi connectivity index (χ2v) is 8.61. The van der Waals surface area contributed by atoms with Crippen molar-refractivity contribution >= 4 is 32.6 Å². The first kappa shape index (κ1) is 19.9.